The summed E-state index contributed by atoms with van der Waals surface area (Å²) in [6.07, 6.45) is -1.62. The molecule has 2 aliphatic heterocycles. The molecular formula is C23H27F5N6O3S. The molecule has 0 bridgehead atoms. The van der Waals surface area contributed by atoms with Crippen LogP contribution in [0.3, 0.4) is 0 Å². The zero-order valence-corrected chi connectivity index (χ0v) is 21.5. The molecule has 15 heteroatoms. The van der Waals surface area contributed by atoms with Crippen molar-refractivity contribution in [2.24, 2.45) is 10.7 Å². The Bertz CT molecular complexity index is 1260. The van der Waals surface area contributed by atoms with Crippen molar-refractivity contribution in [3.63, 3.8) is 0 Å². The summed E-state index contributed by atoms with van der Waals surface area (Å²) < 4.78 is 84.2. The van der Waals surface area contributed by atoms with Crippen molar-refractivity contribution in [3.05, 3.63) is 47.7 Å². The molecule has 1 fully saturated rings. The van der Waals surface area contributed by atoms with Gasteiger partial charge in [0.15, 0.2) is 6.61 Å². The molecule has 0 aliphatic carbocycles. The van der Waals surface area contributed by atoms with Gasteiger partial charge >= 0.3 is 12.3 Å². The highest BCUT2D eigenvalue weighted by molar-refractivity contribution is 8.29. The highest BCUT2D eigenvalue weighted by atomic mass is 32.3. The number of hydrogen-bond acceptors (Lipinski definition) is 8. The van der Waals surface area contributed by atoms with Gasteiger partial charge in [-0.05, 0) is 45.4 Å². The highest BCUT2D eigenvalue weighted by Gasteiger charge is 2.60. The van der Waals surface area contributed by atoms with Gasteiger partial charge in [-0.2, -0.15) is 8.78 Å². The van der Waals surface area contributed by atoms with Crippen LogP contribution in [-0.4, -0.2) is 61.8 Å². The van der Waals surface area contributed by atoms with Gasteiger partial charge in [0.1, 0.15) is 22.9 Å². The summed E-state index contributed by atoms with van der Waals surface area (Å²) in [4.78, 5) is 24.7. The van der Waals surface area contributed by atoms with Crippen LogP contribution in [0.5, 0.6) is 5.88 Å². The molecule has 1 aromatic heterocycles. The molecule has 0 radical (unpaired) electrons. The summed E-state index contributed by atoms with van der Waals surface area (Å²) in [6, 6.07) is 3.88. The standard InChI is InChI=1S/C23H27F5N6O3S/c1-21(2)20(29)34-22(3,16-6-7-32-38(16,21)36)13-8-12(4-5-14(13)24)33-18(35)15-9-31-17(10-30-15)37-11-23(27,28)19(25)26/h4-5,8-10,16,19,32,36H,6-7,11H2,1-3H3,(H2,29,34)(H,33,35)/t16-,22+/m0/s1. The zero-order valence-electron chi connectivity index (χ0n) is 20.6. The number of carbonyl (C=O) groups excluding carboxylic acids is 1. The number of amides is 1. The van der Waals surface area contributed by atoms with Crippen molar-refractivity contribution in [1.29, 1.82) is 0 Å². The quantitative estimate of drug-likeness (QED) is 0.374. The molecule has 208 valence electrons. The van der Waals surface area contributed by atoms with Crippen LogP contribution in [0.25, 0.3) is 0 Å². The number of anilines is 1. The van der Waals surface area contributed by atoms with E-state index in [1.165, 1.54) is 12.1 Å². The second-order valence-corrected chi connectivity index (χ2v) is 12.8. The maximum absolute atomic E-state index is 15.2. The topological polar surface area (TPSA) is 135 Å². The summed E-state index contributed by atoms with van der Waals surface area (Å²) in [5.41, 5.74) is 5.11. The van der Waals surface area contributed by atoms with E-state index >= 15 is 4.39 Å². The number of amidine groups is 1. The van der Waals surface area contributed by atoms with E-state index in [1.807, 2.05) is 0 Å². The fourth-order valence-electron chi connectivity index (χ4n) is 4.54. The van der Waals surface area contributed by atoms with Gasteiger partial charge in [-0.25, -0.2) is 23.1 Å². The molecule has 1 aromatic carbocycles. The van der Waals surface area contributed by atoms with E-state index in [1.54, 1.807) is 20.8 Å². The number of alkyl halides is 4. The zero-order chi connectivity index (χ0) is 28.1. The van der Waals surface area contributed by atoms with Crippen LogP contribution in [0.1, 0.15) is 43.2 Å². The number of halogens is 5. The third-order valence-corrected chi connectivity index (χ3v) is 10.8. The Morgan fingerprint density at radius 3 is 2.66 bits per heavy atom. The van der Waals surface area contributed by atoms with E-state index in [2.05, 4.69) is 29.7 Å². The molecule has 0 saturated carbocycles. The number of ether oxygens (including phenoxy) is 1. The first-order valence-corrected chi connectivity index (χ1v) is 13.1. The number of nitrogens with zero attached hydrogens (tertiary/aromatic N) is 3. The van der Waals surface area contributed by atoms with E-state index < -0.39 is 62.6 Å². The van der Waals surface area contributed by atoms with Crippen molar-refractivity contribution in [3.8, 4) is 5.88 Å². The first-order chi connectivity index (χ1) is 17.6. The second-order valence-electron chi connectivity index (χ2n) is 9.69. The van der Waals surface area contributed by atoms with Crippen LogP contribution >= 0.6 is 10.5 Å². The Morgan fingerprint density at radius 1 is 1.32 bits per heavy atom. The molecule has 1 amide bonds. The van der Waals surface area contributed by atoms with Crippen LogP contribution in [0.4, 0.5) is 27.6 Å². The summed E-state index contributed by atoms with van der Waals surface area (Å²) in [6.45, 7) is 4.17. The van der Waals surface area contributed by atoms with Gasteiger partial charge in [0.25, 0.3) is 5.91 Å². The SMILES string of the molecule is CC1(C)C(N)=N[C@](C)(c2cc(NC(=O)c3cnc(OCC(F)(F)C(F)F)cn3)ccc2F)[C@@H]2CCNS21O. The Balaban J connectivity index is 1.55. The number of aliphatic imine (C=N–C) groups is 1. The summed E-state index contributed by atoms with van der Waals surface area (Å²) >= 11 is 0. The molecular weight excluding hydrogens is 535 g/mol. The van der Waals surface area contributed by atoms with E-state index in [9.17, 15) is 26.9 Å². The lowest BCUT2D eigenvalue weighted by molar-refractivity contribution is -0.148. The third-order valence-electron chi connectivity index (χ3n) is 6.88. The lowest BCUT2D eigenvalue weighted by atomic mass is 9.86. The van der Waals surface area contributed by atoms with Crippen molar-refractivity contribution in [2.45, 2.75) is 55.1 Å². The van der Waals surface area contributed by atoms with Gasteiger partial charge in [-0.15, -0.1) is 0 Å². The van der Waals surface area contributed by atoms with E-state index in [0.29, 0.717) is 13.0 Å². The minimum Gasteiger partial charge on any atom is -0.470 e. The van der Waals surface area contributed by atoms with E-state index in [-0.39, 0.29) is 22.8 Å². The third kappa shape index (κ3) is 4.66. The van der Waals surface area contributed by atoms with Crippen molar-refractivity contribution in [1.82, 2.24) is 14.7 Å². The lowest BCUT2D eigenvalue weighted by Gasteiger charge is -2.56. The lowest BCUT2D eigenvalue weighted by Crippen LogP contribution is -2.57. The summed E-state index contributed by atoms with van der Waals surface area (Å²) in [5.74, 6) is -6.03. The smallest absolute Gasteiger partial charge is 0.340 e. The molecule has 2 aliphatic rings. The predicted octanol–water partition coefficient (Wildman–Crippen LogP) is 4.07. The van der Waals surface area contributed by atoms with Crippen LogP contribution in [-0.2, 0) is 5.54 Å². The van der Waals surface area contributed by atoms with Gasteiger partial charge < -0.3 is 20.3 Å². The Morgan fingerprint density at radius 2 is 2.03 bits per heavy atom. The van der Waals surface area contributed by atoms with Crippen molar-refractivity contribution < 1.29 is 36.0 Å². The molecule has 2 aromatic rings. The van der Waals surface area contributed by atoms with Gasteiger partial charge in [0, 0.05) is 17.8 Å². The first kappa shape index (κ1) is 28.0. The van der Waals surface area contributed by atoms with Crippen LogP contribution < -0.4 is 20.5 Å². The van der Waals surface area contributed by atoms with Crippen LogP contribution in [0.2, 0.25) is 0 Å². The van der Waals surface area contributed by atoms with Crippen molar-refractivity contribution in [2.75, 3.05) is 18.5 Å². The van der Waals surface area contributed by atoms with E-state index in [4.69, 9.17) is 5.73 Å². The summed E-state index contributed by atoms with van der Waals surface area (Å²) in [5, 5.41) is 2.10. The monoisotopic (exact) mass is 562 g/mol. The normalized spacial score (nSPS) is 28.3. The molecule has 1 saturated heterocycles. The number of hydrogen-bond donors (Lipinski definition) is 4. The maximum Gasteiger partial charge on any atom is 0.340 e. The molecule has 3 heterocycles. The predicted molar refractivity (Wildman–Crippen MR) is 133 cm³/mol. The highest BCUT2D eigenvalue weighted by Crippen LogP contribution is 2.67. The van der Waals surface area contributed by atoms with Gasteiger partial charge in [0.05, 0.1) is 22.4 Å². The minimum absolute atomic E-state index is 0.128. The van der Waals surface area contributed by atoms with Crippen LogP contribution in [0, 0.1) is 5.82 Å². The average molecular weight is 563 g/mol. The molecule has 0 spiro atoms. The average Bonchev–Trinajstić information content (AvgIpc) is 3.28. The van der Waals surface area contributed by atoms with Crippen molar-refractivity contribution >= 4 is 27.9 Å². The Kier molecular flexibility index (Phi) is 7.08. The number of carbonyl (C=O) groups is 1. The van der Waals surface area contributed by atoms with Gasteiger partial charge in [0.2, 0.25) is 5.88 Å². The largest absolute Gasteiger partial charge is 0.470 e. The van der Waals surface area contributed by atoms with Crippen LogP contribution in [0.15, 0.2) is 35.6 Å². The summed E-state index contributed by atoms with van der Waals surface area (Å²) in [7, 11) is -2.53. The fourth-order valence-corrected chi connectivity index (χ4v) is 7.91. The number of benzene rings is 1. The van der Waals surface area contributed by atoms with Gasteiger partial charge in [-0.3, -0.25) is 14.5 Å². The first-order valence-electron chi connectivity index (χ1n) is 11.5. The number of fused-ring (bicyclic) bond motifs is 1. The number of aromatic nitrogens is 2. The second kappa shape index (κ2) is 9.61. The molecule has 1 unspecified atom stereocenters. The molecule has 3 atom stereocenters. The molecule has 5 N–H and O–H groups in total. The number of nitrogens with one attached hydrogen (secondary N) is 2. The molecule has 38 heavy (non-hydrogen) atoms. The Hall–Kier alpha value is -3.04. The van der Waals surface area contributed by atoms with E-state index in [0.717, 1.165) is 18.5 Å². The van der Waals surface area contributed by atoms with Gasteiger partial charge in [-0.1, -0.05) is 10.5 Å². The minimum atomic E-state index is -4.37. The Labute approximate surface area is 216 Å². The molecule has 4 rings (SSSR count). The number of rotatable bonds is 7. The fraction of sp³-hybridized carbons (Fsp3) is 0.478. The maximum atomic E-state index is 15.2. The number of nitrogens with two attached hydrogens (primary N) is 1. The molecule has 9 nitrogen and oxygen atoms in total.